The smallest absolute Gasteiger partial charge is 0.232 e. The Kier molecular flexibility index (Phi) is 22.7. The Morgan fingerprint density at radius 1 is 0.900 bits per heavy atom. The lowest BCUT2D eigenvalue weighted by Crippen LogP contribution is -2.67. The first-order chi connectivity index (χ1) is 28.6. The molecule has 1 amide bonds. The van der Waals surface area contributed by atoms with Crippen molar-refractivity contribution in [1.82, 2.24) is 9.97 Å². The normalized spacial score (nSPS) is 22.7. The van der Waals surface area contributed by atoms with Crippen molar-refractivity contribution in [2.75, 3.05) is 24.3 Å². The molecule has 2 fully saturated rings. The fourth-order valence-corrected chi connectivity index (χ4v) is 7.56. The SMILES string of the molecule is CC.CC(C)(CO)C(=O)Nc1ccccc1CCC(c1ccccc1)C1CCC1.CCCC1(C)C(O)C(C(C)C)OC(C)(CO)C1O.Nc1ccccn1.c1ccncc1. The highest BCUT2D eigenvalue weighted by atomic mass is 16.5. The summed E-state index contributed by atoms with van der Waals surface area (Å²) in [6.07, 6.45) is 10.8. The molecule has 1 saturated carbocycles. The van der Waals surface area contributed by atoms with Crippen molar-refractivity contribution in [1.29, 1.82) is 0 Å². The molecule has 60 heavy (non-hydrogen) atoms. The van der Waals surface area contributed by atoms with Crippen LogP contribution in [0.2, 0.25) is 0 Å². The number of aliphatic hydroxyl groups excluding tert-OH is 4. The van der Waals surface area contributed by atoms with Crippen LogP contribution in [-0.2, 0) is 16.0 Å². The lowest BCUT2D eigenvalue weighted by atomic mass is 9.65. The second-order valence-electron chi connectivity index (χ2n) is 17.1. The number of hydrogen-bond acceptors (Lipinski definition) is 9. The van der Waals surface area contributed by atoms with E-state index in [2.05, 4.69) is 51.7 Å². The van der Waals surface area contributed by atoms with Crippen LogP contribution in [0.1, 0.15) is 118 Å². The predicted molar refractivity (Wildman–Crippen MR) is 245 cm³/mol. The number of benzene rings is 2. The lowest BCUT2D eigenvalue weighted by molar-refractivity contribution is -0.294. The minimum Gasteiger partial charge on any atom is -0.395 e. The van der Waals surface area contributed by atoms with E-state index in [1.807, 2.05) is 90.1 Å². The Bertz CT molecular complexity index is 1700. The molecule has 2 aromatic heterocycles. The molecule has 10 heteroatoms. The number of rotatable bonds is 12. The van der Waals surface area contributed by atoms with E-state index in [0.717, 1.165) is 30.9 Å². The second-order valence-corrected chi connectivity index (χ2v) is 17.1. The highest BCUT2D eigenvalue weighted by Gasteiger charge is 2.57. The van der Waals surface area contributed by atoms with Crippen LogP contribution in [0.4, 0.5) is 11.5 Å². The molecule has 4 aromatic rings. The van der Waals surface area contributed by atoms with Gasteiger partial charge in [-0.05, 0) is 112 Å². The van der Waals surface area contributed by atoms with E-state index in [1.54, 1.807) is 45.4 Å². The third kappa shape index (κ3) is 15.4. The molecule has 0 radical (unpaired) electrons. The van der Waals surface area contributed by atoms with E-state index in [0.29, 0.717) is 18.2 Å². The van der Waals surface area contributed by atoms with Gasteiger partial charge in [0.25, 0.3) is 0 Å². The number of ether oxygens (including phenoxy) is 1. The zero-order valence-corrected chi connectivity index (χ0v) is 37.8. The van der Waals surface area contributed by atoms with Gasteiger partial charge in [-0.15, -0.1) is 0 Å². The Hall–Kier alpha value is -4.19. The molecule has 1 saturated heterocycles. The van der Waals surface area contributed by atoms with Gasteiger partial charge in [-0.1, -0.05) is 115 Å². The van der Waals surface area contributed by atoms with Crippen LogP contribution in [0.25, 0.3) is 0 Å². The number of nitrogen functional groups attached to an aromatic ring is 1. The number of aromatic nitrogens is 2. The number of carbonyl (C=O) groups excluding carboxylic acids is 1. The fraction of sp³-hybridized carbons (Fsp3) is 0.540. The maximum atomic E-state index is 12.5. The molecule has 2 aliphatic rings. The van der Waals surface area contributed by atoms with E-state index in [-0.39, 0.29) is 31.1 Å². The number of pyridine rings is 2. The number of nitrogens with one attached hydrogen (secondary N) is 1. The van der Waals surface area contributed by atoms with E-state index >= 15 is 0 Å². The van der Waals surface area contributed by atoms with Crippen molar-refractivity contribution in [3.8, 4) is 0 Å². The standard InChI is InChI=1S/C24H31NO2.C14H28O4.C5H6N2.C5H5N.C2H6/c1-24(2,17-26)23(27)25-22-14-7-6-11-20(22)15-16-21(19-12-8-13-19)18-9-4-3-5-10-18;1-6-7-13(4)11(16)10(9(2)3)18-14(5,8-15)12(13)17;6-5-3-1-2-4-7-5;1-2-4-6-5-3-1;1-2/h3-7,9-11,14,19,21,26H,8,12-13,15-17H2,1-2H3,(H,25,27);9-12,15-17H,6-8H2,1-5H3;1-4H,(H2,6,7);1-5H;1-2H3. The number of nitrogens with two attached hydrogens (primary N) is 1. The molecule has 332 valence electrons. The third-order valence-electron chi connectivity index (χ3n) is 11.6. The number of amides is 1. The summed E-state index contributed by atoms with van der Waals surface area (Å²) in [5.74, 6) is 1.92. The summed E-state index contributed by atoms with van der Waals surface area (Å²) >= 11 is 0. The average molecular weight is 829 g/mol. The van der Waals surface area contributed by atoms with Gasteiger partial charge >= 0.3 is 0 Å². The van der Waals surface area contributed by atoms with Gasteiger partial charge < -0.3 is 36.2 Å². The predicted octanol–water partition coefficient (Wildman–Crippen LogP) is 9.25. The van der Waals surface area contributed by atoms with Crippen LogP contribution in [-0.4, -0.2) is 73.4 Å². The van der Waals surface area contributed by atoms with Crippen molar-refractivity contribution in [2.24, 2.45) is 22.7 Å². The monoisotopic (exact) mass is 829 g/mol. The van der Waals surface area contributed by atoms with Crippen molar-refractivity contribution >= 4 is 17.4 Å². The van der Waals surface area contributed by atoms with Crippen molar-refractivity contribution < 1.29 is 30.0 Å². The van der Waals surface area contributed by atoms with Crippen LogP contribution in [0, 0.1) is 22.7 Å². The molecule has 1 aliphatic carbocycles. The lowest BCUT2D eigenvalue weighted by Gasteiger charge is -2.55. The number of para-hydroxylation sites is 1. The van der Waals surface area contributed by atoms with E-state index in [1.165, 1.54) is 30.4 Å². The summed E-state index contributed by atoms with van der Waals surface area (Å²) in [5, 5.41) is 43.0. The van der Waals surface area contributed by atoms with Gasteiger partial charge in [0.05, 0.1) is 36.9 Å². The molecule has 7 N–H and O–H groups in total. The Morgan fingerprint density at radius 2 is 1.48 bits per heavy atom. The van der Waals surface area contributed by atoms with Crippen LogP contribution in [0.15, 0.2) is 110 Å². The molecule has 2 aromatic carbocycles. The quantitative estimate of drug-likeness (QED) is 0.0815. The number of nitrogens with zero attached hydrogens (tertiary/aromatic N) is 2. The third-order valence-corrected chi connectivity index (χ3v) is 11.6. The minimum absolute atomic E-state index is 0.134. The maximum Gasteiger partial charge on any atom is 0.232 e. The van der Waals surface area contributed by atoms with Gasteiger partial charge in [-0.2, -0.15) is 0 Å². The summed E-state index contributed by atoms with van der Waals surface area (Å²) in [6, 6.07) is 30.0. The fourth-order valence-electron chi connectivity index (χ4n) is 7.56. The number of carbonyl (C=O) groups is 1. The number of anilines is 2. The zero-order chi connectivity index (χ0) is 44.8. The maximum absolute atomic E-state index is 12.5. The van der Waals surface area contributed by atoms with Crippen LogP contribution in [0.3, 0.4) is 0 Å². The summed E-state index contributed by atoms with van der Waals surface area (Å²) in [5.41, 5.74) is 6.29. The molecule has 1 aliphatic heterocycles. The first-order valence-corrected chi connectivity index (χ1v) is 21.8. The summed E-state index contributed by atoms with van der Waals surface area (Å²) < 4.78 is 5.80. The van der Waals surface area contributed by atoms with Gasteiger partial charge in [0.2, 0.25) is 5.91 Å². The molecule has 6 rings (SSSR count). The van der Waals surface area contributed by atoms with Crippen molar-refractivity contribution in [3.05, 3.63) is 121 Å². The largest absolute Gasteiger partial charge is 0.395 e. The van der Waals surface area contributed by atoms with Crippen LogP contribution in [0.5, 0.6) is 0 Å². The molecular formula is C50H76N4O6. The number of aryl methyl sites for hydroxylation is 1. The van der Waals surface area contributed by atoms with Gasteiger partial charge in [0.1, 0.15) is 11.4 Å². The topological polar surface area (TPSA) is 171 Å². The molecule has 6 unspecified atom stereocenters. The average Bonchev–Trinajstić information content (AvgIpc) is 3.25. The summed E-state index contributed by atoms with van der Waals surface area (Å²) in [6.45, 7) is 16.7. The highest BCUT2D eigenvalue weighted by Crippen LogP contribution is 2.46. The molecule has 6 atom stereocenters. The van der Waals surface area contributed by atoms with Gasteiger partial charge in [0, 0.05) is 29.7 Å². The Morgan fingerprint density at radius 3 is 1.93 bits per heavy atom. The Balaban J connectivity index is 0.000000319. The first-order valence-electron chi connectivity index (χ1n) is 21.8. The highest BCUT2D eigenvalue weighted by molar-refractivity contribution is 5.95. The summed E-state index contributed by atoms with van der Waals surface area (Å²) in [7, 11) is 0. The number of aliphatic hydroxyl groups is 4. The molecule has 0 spiro atoms. The van der Waals surface area contributed by atoms with Crippen LogP contribution >= 0.6 is 0 Å². The molecule has 3 heterocycles. The van der Waals surface area contributed by atoms with Gasteiger partial charge in [0.15, 0.2) is 0 Å². The van der Waals surface area contributed by atoms with Gasteiger partial charge in [-0.3, -0.25) is 9.78 Å². The zero-order valence-electron chi connectivity index (χ0n) is 37.8. The minimum atomic E-state index is -1.00. The number of hydrogen-bond donors (Lipinski definition) is 6. The summed E-state index contributed by atoms with van der Waals surface area (Å²) in [4.78, 5) is 20.0. The van der Waals surface area contributed by atoms with Crippen LogP contribution < -0.4 is 11.1 Å². The van der Waals surface area contributed by atoms with Gasteiger partial charge in [-0.25, -0.2) is 4.98 Å². The van der Waals surface area contributed by atoms with E-state index < -0.39 is 28.6 Å². The second kappa shape index (κ2) is 26.2. The molecular weight excluding hydrogens is 753 g/mol. The Labute approximate surface area is 361 Å². The van der Waals surface area contributed by atoms with E-state index in [9.17, 15) is 25.2 Å². The molecule has 0 bridgehead atoms. The van der Waals surface area contributed by atoms with Crippen molar-refractivity contribution in [3.63, 3.8) is 0 Å². The van der Waals surface area contributed by atoms with Crippen molar-refractivity contribution in [2.45, 2.75) is 137 Å². The molecule has 10 nitrogen and oxygen atoms in total. The first kappa shape index (κ1) is 51.9. The van der Waals surface area contributed by atoms with E-state index in [4.69, 9.17) is 10.5 Å².